The fourth-order valence-corrected chi connectivity index (χ4v) is 6.97. The Bertz CT molecular complexity index is 1650. The maximum Gasteiger partial charge on any atom is 0.295 e. The minimum Gasteiger partial charge on any atom is -0.508 e. The Balaban J connectivity index is 1.55. The van der Waals surface area contributed by atoms with Crippen molar-refractivity contribution in [3.8, 4) is 22.6 Å². The van der Waals surface area contributed by atoms with Crippen LogP contribution in [0.25, 0.3) is 11.1 Å². The highest BCUT2D eigenvalue weighted by Gasteiger charge is 2.22. The molecule has 0 bridgehead atoms. The summed E-state index contributed by atoms with van der Waals surface area (Å²) in [5, 5.41) is 22.2. The number of hydrogen-bond donors (Lipinski definition) is 3. The van der Waals surface area contributed by atoms with Crippen molar-refractivity contribution in [3.63, 3.8) is 0 Å². The average molecular weight is 665 g/mol. The summed E-state index contributed by atoms with van der Waals surface area (Å²) in [5.41, 5.74) is 2.90. The second-order valence-corrected chi connectivity index (χ2v) is 13.7. The molecule has 0 heterocycles. The van der Waals surface area contributed by atoms with Gasteiger partial charge in [0, 0.05) is 28.6 Å². The van der Waals surface area contributed by atoms with Crippen LogP contribution in [-0.4, -0.2) is 43.0 Å². The molecular formula is C37H44O7S2. The Kier molecular flexibility index (Phi) is 13.5. The van der Waals surface area contributed by atoms with E-state index >= 15 is 0 Å². The SMILES string of the molecule is CCCCCOCCCc1ccc(O)c(C(O)c2ccccc2-c2ccc(Sc3ccc(OCCCC)cc3)c(S(=O)(=O)O)c2)c1. The van der Waals surface area contributed by atoms with Gasteiger partial charge in [-0.1, -0.05) is 81.3 Å². The van der Waals surface area contributed by atoms with Gasteiger partial charge in [-0.3, -0.25) is 4.55 Å². The van der Waals surface area contributed by atoms with Crippen LogP contribution in [0.1, 0.15) is 75.2 Å². The standard InChI is InChI=1S/C37H44O7S2/c1-3-5-9-22-43-23-10-11-27-14-20-34(38)33(25-27)37(39)32-13-8-7-12-31(32)28-15-21-35(36(26-28)46(40,41)42)45-30-18-16-29(17-19-30)44-24-6-4-2/h7-8,12-21,25-26,37-39H,3-6,9-11,22-24H2,1-2H3,(H,40,41,42). The van der Waals surface area contributed by atoms with E-state index < -0.39 is 16.2 Å². The summed E-state index contributed by atoms with van der Waals surface area (Å²) in [4.78, 5) is 0.919. The fraction of sp³-hybridized carbons (Fsp3) is 0.351. The van der Waals surface area contributed by atoms with Gasteiger partial charge in [-0.25, -0.2) is 0 Å². The van der Waals surface area contributed by atoms with E-state index in [4.69, 9.17) is 9.47 Å². The van der Waals surface area contributed by atoms with E-state index in [1.807, 2.05) is 30.3 Å². The van der Waals surface area contributed by atoms with E-state index in [2.05, 4.69) is 13.8 Å². The largest absolute Gasteiger partial charge is 0.508 e. The molecule has 0 spiro atoms. The molecule has 4 rings (SSSR count). The molecule has 1 unspecified atom stereocenters. The summed E-state index contributed by atoms with van der Waals surface area (Å²) < 4.78 is 46.8. The summed E-state index contributed by atoms with van der Waals surface area (Å²) in [5.74, 6) is 0.704. The van der Waals surface area contributed by atoms with Crippen molar-refractivity contribution in [2.24, 2.45) is 0 Å². The number of benzene rings is 4. The number of unbranched alkanes of at least 4 members (excludes halogenated alkanes) is 3. The summed E-state index contributed by atoms with van der Waals surface area (Å²) in [7, 11) is -4.58. The Morgan fingerprint density at radius 2 is 1.52 bits per heavy atom. The van der Waals surface area contributed by atoms with E-state index in [1.165, 1.54) is 17.8 Å². The van der Waals surface area contributed by atoms with Gasteiger partial charge in [0.2, 0.25) is 0 Å². The van der Waals surface area contributed by atoms with Crippen LogP contribution >= 0.6 is 11.8 Å². The van der Waals surface area contributed by atoms with Gasteiger partial charge in [-0.15, -0.1) is 0 Å². The zero-order valence-electron chi connectivity index (χ0n) is 26.5. The maximum atomic E-state index is 12.6. The van der Waals surface area contributed by atoms with Gasteiger partial charge < -0.3 is 19.7 Å². The van der Waals surface area contributed by atoms with Crippen LogP contribution in [0, 0.1) is 0 Å². The molecule has 0 radical (unpaired) electrons. The van der Waals surface area contributed by atoms with Crippen molar-refractivity contribution < 1.29 is 32.7 Å². The van der Waals surface area contributed by atoms with E-state index in [1.54, 1.807) is 48.5 Å². The summed E-state index contributed by atoms with van der Waals surface area (Å²) >= 11 is 1.22. The van der Waals surface area contributed by atoms with Crippen molar-refractivity contribution in [3.05, 3.63) is 102 Å². The highest BCUT2D eigenvalue weighted by molar-refractivity contribution is 8.00. The van der Waals surface area contributed by atoms with E-state index in [0.29, 0.717) is 40.4 Å². The molecule has 9 heteroatoms. The molecule has 0 aliphatic rings. The highest BCUT2D eigenvalue weighted by Crippen LogP contribution is 2.40. The molecule has 3 N–H and O–H groups in total. The molecule has 4 aromatic carbocycles. The predicted molar refractivity (Wildman–Crippen MR) is 183 cm³/mol. The normalized spacial score (nSPS) is 12.3. The van der Waals surface area contributed by atoms with Gasteiger partial charge in [0.1, 0.15) is 22.5 Å². The Hall–Kier alpha value is -3.34. The summed E-state index contributed by atoms with van der Waals surface area (Å²) in [6.07, 6.45) is 5.75. The molecule has 246 valence electrons. The number of rotatable bonds is 18. The third-order valence-electron chi connectivity index (χ3n) is 7.64. The molecule has 0 fully saturated rings. The number of aryl methyl sites for hydroxylation is 1. The van der Waals surface area contributed by atoms with Gasteiger partial charge in [0.05, 0.1) is 6.61 Å². The summed E-state index contributed by atoms with van der Waals surface area (Å²) in [6.45, 7) is 6.29. The number of aliphatic hydroxyl groups is 1. The lowest BCUT2D eigenvalue weighted by Gasteiger charge is -2.19. The van der Waals surface area contributed by atoms with Crippen LogP contribution in [-0.2, 0) is 21.3 Å². The molecule has 7 nitrogen and oxygen atoms in total. The second-order valence-electron chi connectivity index (χ2n) is 11.2. The molecule has 0 aliphatic carbocycles. The van der Waals surface area contributed by atoms with Crippen molar-refractivity contribution in [1.82, 2.24) is 0 Å². The third-order valence-corrected chi connectivity index (χ3v) is 9.75. The van der Waals surface area contributed by atoms with E-state index in [9.17, 15) is 23.2 Å². The lowest BCUT2D eigenvalue weighted by Crippen LogP contribution is -2.05. The highest BCUT2D eigenvalue weighted by atomic mass is 32.2. The number of ether oxygens (including phenoxy) is 2. The van der Waals surface area contributed by atoms with Crippen LogP contribution < -0.4 is 4.74 Å². The Morgan fingerprint density at radius 1 is 0.783 bits per heavy atom. The first-order valence-corrected chi connectivity index (χ1v) is 18.2. The lowest BCUT2D eigenvalue weighted by molar-refractivity contribution is 0.128. The minimum absolute atomic E-state index is 0.0333. The lowest BCUT2D eigenvalue weighted by atomic mass is 9.91. The van der Waals surface area contributed by atoms with Gasteiger partial charge >= 0.3 is 0 Å². The first-order valence-electron chi connectivity index (χ1n) is 15.9. The van der Waals surface area contributed by atoms with Gasteiger partial charge in [0.15, 0.2) is 0 Å². The smallest absolute Gasteiger partial charge is 0.295 e. The number of phenolic OH excluding ortho intramolecular Hbond substituents is 1. The predicted octanol–water partition coefficient (Wildman–Crippen LogP) is 8.86. The van der Waals surface area contributed by atoms with Gasteiger partial charge in [-0.2, -0.15) is 8.42 Å². The van der Waals surface area contributed by atoms with Crippen molar-refractivity contribution in [2.75, 3.05) is 19.8 Å². The topological polar surface area (TPSA) is 113 Å². The third kappa shape index (κ3) is 10.1. The quantitative estimate of drug-likeness (QED) is 0.0714. The minimum atomic E-state index is -4.58. The molecule has 0 amide bonds. The van der Waals surface area contributed by atoms with Crippen LogP contribution in [0.3, 0.4) is 0 Å². The zero-order valence-corrected chi connectivity index (χ0v) is 28.2. The number of phenols is 1. The first kappa shape index (κ1) is 35.5. The number of hydrogen-bond acceptors (Lipinski definition) is 7. The van der Waals surface area contributed by atoms with E-state index in [-0.39, 0.29) is 10.6 Å². The molecule has 46 heavy (non-hydrogen) atoms. The number of aliphatic hydroxyl groups excluding tert-OH is 1. The molecule has 0 saturated heterocycles. The van der Waals surface area contributed by atoms with Crippen molar-refractivity contribution in [2.45, 2.75) is 79.6 Å². The number of aromatic hydroxyl groups is 1. The Morgan fingerprint density at radius 3 is 2.26 bits per heavy atom. The maximum absolute atomic E-state index is 12.6. The summed E-state index contributed by atoms with van der Waals surface area (Å²) in [6, 6.07) is 24.5. The average Bonchev–Trinajstić information content (AvgIpc) is 3.05. The monoisotopic (exact) mass is 664 g/mol. The molecule has 0 aliphatic heterocycles. The van der Waals surface area contributed by atoms with Gasteiger partial charge in [0.25, 0.3) is 10.1 Å². The van der Waals surface area contributed by atoms with Crippen LogP contribution in [0.4, 0.5) is 0 Å². The van der Waals surface area contributed by atoms with Gasteiger partial charge in [-0.05, 0) is 96.5 Å². The van der Waals surface area contributed by atoms with Crippen molar-refractivity contribution >= 4 is 21.9 Å². The molecule has 0 saturated carbocycles. The molecule has 1 atom stereocenters. The molecule has 0 aromatic heterocycles. The van der Waals surface area contributed by atoms with Crippen LogP contribution in [0.2, 0.25) is 0 Å². The van der Waals surface area contributed by atoms with E-state index in [0.717, 1.165) is 67.8 Å². The molecular weight excluding hydrogens is 621 g/mol. The van der Waals surface area contributed by atoms with Crippen LogP contribution in [0.15, 0.2) is 99.6 Å². The van der Waals surface area contributed by atoms with Crippen molar-refractivity contribution in [1.29, 1.82) is 0 Å². The Labute approximate surface area is 277 Å². The molecule has 4 aromatic rings. The fourth-order valence-electron chi connectivity index (χ4n) is 5.11. The zero-order chi connectivity index (χ0) is 32.9. The second kappa shape index (κ2) is 17.5. The van der Waals surface area contributed by atoms with Crippen LogP contribution in [0.5, 0.6) is 11.5 Å². The first-order chi connectivity index (χ1) is 22.2.